The number of carboxylic acid groups (broad SMARTS) is 1. The van der Waals surface area contributed by atoms with Crippen LogP contribution in [0.4, 0.5) is 0 Å². The van der Waals surface area contributed by atoms with Gasteiger partial charge < -0.3 is 5.11 Å². The molecule has 2 rings (SSSR count). The lowest BCUT2D eigenvalue weighted by atomic mass is 9.95. The Bertz CT molecular complexity index is 545. The molecule has 1 atom stereocenters. The predicted molar refractivity (Wildman–Crippen MR) is 72.1 cm³/mol. The van der Waals surface area contributed by atoms with Crippen molar-refractivity contribution >= 4 is 17.3 Å². The first-order valence-corrected chi connectivity index (χ1v) is 6.58. The van der Waals surface area contributed by atoms with Crippen molar-refractivity contribution in [3.05, 3.63) is 51.5 Å². The van der Waals surface area contributed by atoms with Gasteiger partial charge in [-0.3, -0.25) is 4.79 Å². The first-order chi connectivity index (χ1) is 8.56. The Hall–Kier alpha value is -1.68. The summed E-state index contributed by atoms with van der Waals surface area (Å²) in [6, 6.07) is 7.68. The van der Waals surface area contributed by atoms with Gasteiger partial charge in [0.1, 0.15) is 0 Å². The maximum absolute atomic E-state index is 11.4. The van der Waals surface area contributed by atoms with E-state index in [4.69, 9.17) is 0 Å². The molecule has 0 radical (unpaired) electrons. The fourth-order valence-corrected chi connectivity index (χ4v) is 2.69. The van der Waals surface area contributed by atoms with Crippen molar-refractivity contribution in [3.63, 3.8) is 0 Å². The van der Waals surface area contributed by atoms with E-state index in [9.17, 15) is 9.90 Å². The Kier molecular flexibility index (Phi) is 3.77. The van der Waals surface area contributed by atoms with Crippen LogP contribution in [0.15, 0.2) is 30.5 Å². The van der Waals surface area contributed by atoms with Gasteiger partial charge in [-0.25, -0.2) is 4.98 Å². The minimum absolute atomic E-state index is 0.495. The smallest absolute Gasteiger partial charge is 0.311 e. The summed E-state index contributed by atoms with van der Waals surface area (Å²) in [5, 5.41) is 10.3. The summed E-state index contributed by atoms with van der Waals surface area (Å²) in [5.74, 6) is -1.28. The molecule has 94 valence electrons. The van der Waals surface area contributed by atoms with E-state index in [2.05, 4.69) is 4.98 Å². The quantitative estimate of drug-likeness (QED) is 0.919. The van der Waals surface area contributed by atoms with Crippen LogP contribution < -0.4 is 0 Å². The second kappa shape index (κ2) is 5.31. The zero-order chi connectivity index (χ0) is 13.1. The molecular weight excluding hydrogens is 246 g/mol. The molecule has 0 saturated heterocycles. The maximum atomic E-state index is 11.4. The maximum Gasteiger partial charge on any atom is 0.311 e. The number of aryl methyl sites for hydroxylation is 2. The second-order valence-corrected chi connectivity index (χ2v) is 5.67. The minimum atomic E-state index is -0.787. The largest absolute Gasteiger partial charge is 0.481 e. The van der Waals surface area contributed by atoms with Crippen LogP contribution in [0.25, 0.3) is 0 Å². The summed E-state index contributed by atoms with van der Waals surface area (Å²) in [7, 11) is 0. The van der Waals surface area contributed by atoms with Crippen LogP contribution in [0.2, 0.25) is 0 Å². The van der Waals surface area contributed by atoms with Crippen LogP contribution in [-0.4, -0.2) is 16.1 Å². The number of hydrogen-bond donors (Lipinski definition) is 1. The summed E-state index contributed by atoms with van der Waals surface area (Å²) >= 11 is 1.56. The highest BCUT2D eigenvalue weighted by atomic mass is 32.1. The van der Waals surface area contributed by atoms with Crippen LogP contribution in [-0.2, 0) is 11.2 Å². The molecule has 1 N–H and O–H groups in total. The van der Waals surface area contributed by atoms with E-state index in [0.29, 0.717) is 6.42 Å². The molecule has 3 nitrogen and oxygen atoms in total. The number of rotatable bonds is 4. The third-order valence-corrected chi connectivity index (χ3v) is 3.79. The van der Waals surface area contributed by atoms with Gasteiger partial charge in [-0.2, -0.15) is 0 Å². The van der Waals surface area contributed by atoms with Crippen LogP contribution in [0, 0.1) is 13.8 Å². The van der Waals surface area contributed by atoms with Gasteiger partial charge in [0.05, 0.1) is 10.9 Å². The van der Waals surface area contributed by atoms with Crippen molar-refractivity contribution in [2.24, 2.45) is 0 Å². The zero-order valence-electron chi connectivity index (χ0n) is 10.4. The number of thiazole rings is 1. The van der Waals surface area contributed by atoms with Gasteiger partial charge in [0.15, 0.2) is 0 Å². The average Bonchev–Trinajstić information content (AvgIpc) is 2.73. The molecule has 0 aliphatic carbocycles. The zero-order valence-corrected chi connectivity index (χ0v) is 11.2. The van der Waals surface area contributed by atoms with Gasteiger partial charge in [-0.15, -0.1) is 11.3 Å². The molecule has 2 aromatic rings. The van der Waals surface area contributed by atoms with Crippen molar-refractivity contribution in [1.82, 2.24) is 4.98 Å². The number of benzene rings is 1. The second-order valence-electron chi connectivity index (χ2n) is 4.35. The molecule has 0 saturated carbocycles. The van der Waals surface area contributed by atoms with Gasteiger partial charge in [0, 0.05) is 17.5 Å². The molecule has 0 amide bonds. The summed E-state index contributed by atoms with van der Waals surface area (Å²) in [6.45, 7) is 3.92. The first kappa shape index (κ1) is 12.8. The summed E-state index contributed by atoms with van der Waals surface area (Å²) in [4.78, 5) is 16.6. The SMILES string of the molecule is Cc1ccc(C(Cc2cnc(C)s2)C(=O)O)cc1. The highest BCUT2D eigenvalue weighted by Crippen LogP contribution is 2.24. The molecule has 0 aliphatic rings. The standard InChI is InChI=1S/C14H15NO2S/c1-9-3-5-11(6-4-9)13(14(16)17)7-12-8-15-10(2)18-12/h3-6,8,13H,7H2,1-2H3,(H,16,17). The Balaban J connectivity index is 2.23. The molecular formula is C14H15NO2S. The fraction of sp³-hybridized carbons (Fsp3) is 0.286. The minimum Gasteiger partial charge on any atom is -0.481 e. The number of carbonyl (C=O) groups is 1. The Morgan fingerprint density at radius 3 is 2.50 bits per heavy atom. The third kappa shape index (κ3) is 2.96. The molecule has 0 bridgehead atoms. The molecule has 1 unspecified atom stereocenters. The van der Waals surface area contributed by atoms with Crippen LogP contribution >= 0.6 is 11.3 Å². The summed E-state index contributed by atoms with van der Waals surface area (Å²) < 4.78 is 0. The molecule has 1 heterocycles. The number of nitrogens with zero attached hydrogens (tertiary/aromatic N) is 1. The normalized spacial score (nSPS) is 12.3. The highest BCUT2D eigenvalue weighted by molar-refractivity contribution is 7.11. The monoisotopic (exact) mass is 261 g/mol. The van der Waals surface area contributed by atoms with Crippen molar-refractivity contribution in [1.29, 1.82) is 0 Å². The lowest BCUT2D eigenvalue weighted by Gasteiger charge is -2.11. The number of hydrogen-bond acceptors (Lipinski definition) is 3. The van der Waals surface area contributed by atoms with Gasteiger partial charge in [0.25, 0.3) is 0 Å². The van der Waals surface area contributed by atoms with Crippen LogP contribution in [0.3, 0.4) is 0 Å². The third-order valence-electron chi connectivity index (χ3n) is 2.85. The molecule has 1 aromatic carbocycles. The molecule has 4 heteroatoms. The summed E-state index contributed by atoms with van der Waals surface area (Å²) in [6.07, 6.45) is 2.27. The highest BCUT2D eigenvalue weighted by Gasteiger charge is 2.21. The van der Waals surface area contributed by atoms with Gasteiger partial charge >= 0.3 is 5.97 Å². The Morgan fingerprint density at radius 2 is 2.00 bits per heavy atom. The van der Waals surface area contributed by atoms with Crippen LogP contribution in [0.5, 0.6) is 0 Å². The van der Waals surface area contributed by atoms with E-state index >= 15 is 0 Å². The lowest BCUT2D eigenvalue weighted by molar-refractivity contribution is -0.138. The lowest BCUT2D eigenvalue weighted by Crippen LogP contribution is -2.13. The Morgan fingerprint density at radius 1 is 1.33 bits per heavy atom. The van der Waals surface area contributed by atoms with E-state index in [-0.39, 0.29) is 0 Å². The van der Waals surface area contributed by atoms with Crippen molar-refractivity contribution in [2.45, 2.75) is 26.2 Å². The van der Waals surface area contributed by atoms with E-state index in [1.807, 2.05) is 38.1 Å². The molecule has 0 spiro atoms. The van der Waals surface area contributed by atoms with Crippen molar-refractivity contribution < 1.29 is 9.90 Å². The van der Waals surface area contributed by atoms with E-state index in [1.165, 1.54) is 0 Å². The summed E-state index contributed by atoms with van der Waals surface area (Å²) in [5.41, 5.74) is 1.98. The fourth-order valence-electron chi connectivity index (χ4n) is 1.85. The number of aromatic nitrogens is 1. The number of aliphatic carboxylic acids is 1. The molecule has 18 heavy (non-hydrogen) atoms. The van der Waals surface area contributed by atoms with Gasteiger partial charge in [0.2, 0.25) is 0 Å². The van der Waals surface area contributed by atoms with Crippen molar-refractivity contribution in [2.75, 3.05) is 0 Å². The van der Waals surface area contributed by atoms with Crippen LogP contribution in [0.1, 0.15) is 26.9 Å². The molecule has 0 fully saturated rings. The number of carboxylic acids is 1. The predicted octanol–water partition coefficient (Wildman–Crippen LogP) is 3.17. The Labute approximate surface area is 110 Å². The van der Waals surface area contributed by atoms with E-state index in [1.54, 1.807) is 17.5 Å². The topological polar surface area (TPSA) is 50.2 Å². The first-order valence-electron chi connectivity index (χ1n) is 5.77. The average molecular weight is 261 g/mol. The van der Waals surface area contributed by atoms with Gasteiger partial charge in [-0.1, -0.05) is 29.8 Å². The molecule has 0 aliphatic heterocycles. The van der Waals surface area contributed by atoms with E-state index < -0.39 is 11.9 Å². The van der Waals surface area contributed by atoms with Gasteiger partial charge in [-0.05, 0) is 19.4 Å². The van der Waals surface area contributed by atoms with Crippen molar-refractivity contribution in [3.8, 4) is 0 Å². The molecule has 1 aromatic heterocycles. The van der Waals surface area contributed by atoms with E-state index in [0.717, 1.165) is 21.0 Å².